The van der Waals surface area contributed by atoms with Gasteiger partial charge in [-0.25, -0.2) is 4.39 Å². The molecule has 3 aliphatic heterocycles. The van der Waals surface area contributed by atoms with Gasteiger partial charge in [0.05, 0.1) is 13.2 Å². The lowest BCUT2D eigenvalue weighted by Gasteiger charge is -2.41. The highest BCUT2D eigenvalue weighted by Gasteiger charge is 2.42. The number of morpholine rings is 1. The van der Waals surface area contributed by atoms with Gasteiger partial charge in [-0.2, -0.15) is 0 Å². The van der Waals surface area contributed by atoms with Crippen molar-refractivity contribution in [3.63, 3.8) is 0 Å². The van der Waals surface area contributed by atoms with Crippen LogP contribution < -0.4 is 0 Å². The summed E-state index contributed by atoms with van der Waals surface area (Å²) in [5.74, 6) is 0.119. The summed E-state index contributed by atoms with van der Waals surface area (Å²) in [5, 5.41) is 0. The number of amides is 1. The number of hydrogen-bond acceptors (Lipinski definition) is 4. The summed E-state index contributed by atoms with van der Waals surface area (Å²) in [6.07, 6.45) is 2.63. The lowest BCUT2D eigenvalue weighted by molar-refractivity contribution is -0.138. The van der Waals surface area contributed by atoms with Gasteiger partial charge in [-0.1, -0.05) is 12.1 Å². The Morgan fingerprint density at radius 3 is 2.54 bits per heavy atom. The van der Waals surface area contributed by atoms with Gasteiger partial charge in [0.15, 0.2) is 0 Å². The Labute approximate surface area is 154 Å². The molecule has 142 valence electrons. The molecule has 1 aromatic carbocycles. The SMILES string of the molecule is O=C1CC[C@@H]2[C@@H](CCN2Cc2ccc(F)cc2)N1CCN1CCOCC1. The third-order valence-corrected chi connectivity index (χ3v) is 6.06. The summed E-state index contributed by atoms with van der Waals surface area (Å²) in [7, 11) is 0. The number of fused-ring (bicyclic) bond motifs is 1. The van der Waals surface area contributed by atoms with Crippen LogP contribution in [0.2, 0.25) is 0 Å². The summed E-state index contributed by atoms with van der Waals surface area (Å²) >= 11 is 0. The van der Waals surface area contributed by atoms with Crippen LogP contribution in [0.5, 0.6) is 0 Å². The second-order valence-corrected chi connectivity index (χ2v) is 7.60. The van der Waals surface area contributed by atoms with Crippen LogP contribution in [0.15, 0.2) is 24.3 Å². The highest BCUT2D eigenvalue weighted by molar-refractivity contribution is 5.77. The Morgan fingerprint density at radius 1 is 1.00 bits per heavy atom. The Bertz CT molecular complexity index is 618. The number of rotatable bonds is 5. The third-order valence-electron chi connectivity index (χ3n) is 6.06. The minimum absolute atomic E-state index is 0.189. The number of carbonyl (C=O) groups is 1. The van der Waals surface area contributed by atoms with E-state index < -0.39 is 0 Å². The highest BCUT2D eigenvalue weighted by Crippen LogP contribution is 2.32. The first-order chi connectivity index (χ1) is 12.7. The molecule has 0 aliphatic carbocycles. The van der Waals surface area contributed by atoms with Gasteiger partial charge in [-0.3, -0.25) is 14.6 Å². The molecule has 6 heteroatoms. The van der Waals surface area contributed by atoms with Crippen LogP contribution in [0, 0.1) is 5.82 Å². The van der Waals surface area contributed by atoms with Crippen molar-refractivity contribution in [2.24, 2.45) is 0 Å². The first kappa shape index (κ1) is 17.9. The van der Waals surface area contributed by atoms with E-state index in [0.717, 1.165) is 70.9 Å². The minimum Gasteiger partial charge on any atom is -0.379 e. The van der Waals surface area contributed by atoms with Crippen LogP contribution in [0.25, 0.3) is 0 Å². The van der Waals surface area contributed by atoms with Crippen LogP contribution in [0.1, 0.15) is 24.8 Å². The predicted molar refractivity (Wildman–Crippen MR) is 97.2 cm³/mol. The molecule has 0 spiro atoms. The third kappa shape index (κ3) is 3.92. The standard InChI is InChI=1S/C20H28FN3O2/c21-17-3-1-16(2-4-17)15-23-8-7-19-18(23)5-6-20(25)24(19)10-9-22-11-13-26-14-12-22/h1-4,18-19H,5-15H2/t18-,19-/m1/s1. The fraction of sp³-hybridized carbons (Fsp3) is 0.650. The smallest absolute Gasteiger partial charge is 0.222 e. The topological polar surface area (TPSA) is 36.0 Å². The van der Waals surface area contributed by atoms with E-state index in [4.69, 9.17) is 4.74 Å². The van der Waals surface area contributed by atoms with Crippen molar-refractivity contribution in [3.8, 4) is 0 Å². The van der Waals surface area contributed by atoms with Crippen molar-refractivity contribution in [1.82, 2.24) is 14.7 Å². The van der Waals surface area contributed by atoms with Crippen LogP contribution >= 0.6 is 0 Å². The molecular weight excluding hydrogens is 333 g/mol. The molecular formula is C20H28FN3O2. The molecule has 4 rings (SSSR count). The van der Waals surface area contributed by atoms with Crippen molar-refractivity contribution in [1.29, 1.82) is 0 Å². The maximum atomic E-state index is 13.1. The molecule has 0 unspecified atom stereocenters. The molecule has 1 aromatic rings. The van der Waals surface area contributed by atoms with E-state index in [2.05, 4.69) is 14.7 Å². The molecule has 3 saturated heterocycles. The number of ether oxygens (including phenoxy) is 1. The van der Waals surface area contributed by atoms with Gasteiger partial charge >= 0.3 is 0 Å². The Hall–Kier alpha value is -1.50. The van der Waals surface area contributed by atoms with Gasteiger partial charge in [0.2, 0.25) is 5.91 Å². The average molecular weight is 361 g/mol. The maximum absolute atomic E-state index is 13.1. The second kappa shape index (κ2) is 8.03. The van der Waals surface area contributed by atoms with E-state index in [0.29, 0.717) is 24.4 Å². The molecule has 0 N–H and O–H groups in total. The largest absolute Gasteiger partial charge is 0.379 e. The average Bonchev–Trinajstić information content (AvgIpc) is 3.06. The number of piperidine rings is 1. The lowest BCUT2D eigenvalue weighted by atomic mass is 9.96. The quantitative estimate of drug-likeness (QED) is 0.800. The zero-order valence-electron chi connectivity index (χ0n) is 15.3. The molecule has 3 heterocycles. The number of carbonyl (C=O) groups excluding carboxylic acids is 1. The van der Waals surface area contributed by atoms with Crippen LogP contribution in [-0.4, -0.2) is 78.6 Å². The van der Waals surface area contributed by atoms with Gasteiger partial charge in [0.1, 0.15) is 5.82 Å². The van der Waals surface area contributed by atoms with Crippen LogP contribution in [-0.2, 0) is 16.1 Å². The Kier molecular flexibility index (Phi) is 5.52. The van der Waals surface area contributed by atoms with Crippen LogP contribution in [0.4, 0.5) is 4.39 Å². The molecule has 0 aromatic heterocycles. The van der Waals surface area contributed by atoms with E-state index in [1.54, 1.807) is 0 Å². The summed E-state index contributed by atoms with van der Waals surface area (Å²) in [6, 6.07) is 7.56. The number of nitrogens with zero attached hydrogens (tertiary/aromatic N) is 3. The molecule has 2 atom stereocenters. The van der Waals surface area contributed by atoms with Crippen LogP contribution in [0.3, 0.4) is 0 Å². The van der Waals surface area contributed by atoms with E-state index in [9.17, 15) is 9.18 Å². The van der Waals surface area contributed by atoms with Gasteiger partial charge in [-0.05, 0) is 30.5 Å². The number of benzene rings is 1. The molecule has 3 aliphatic rings. The Morgan fingerprint density at radius 2 is 1.77 bits per heavy atom. The van der Waals surface area contributed by atoms with E-state index in [1.807, 2.05) is 12.1 Å². The molecule has 26 heavy (non-hydrogen) atoms. The first-order valence-corrected chi connectivity index (χ1v) is 9.79. The monoisotopic (exact) mass is 361 g/mol. The summed E-state index contributed by atoms with van der Waals surface area (Å²) < 4.78 is 18.5. The van der Waals surface area contributed by atoms with Crippen molar-refractivity contribution in [2.45, 2.75) is 37.9 Å². The normalized spacial score (nSPS) is 27.7. The summed E-state index contributed by atoms with van der Waals surface area (Å²) in [5.41, 5.74) is 1.14. The molecule has 0 saturated carbocycles. The Balaban J connectivity index is 1.37. The van der Waals surface area contributed by atoms with E-state index in [1.165, 1.54) is 12.1 Å². The zero-order valence-corrected chi connectivity index (χ0v) is 15.3. The summed E-state index contributed by atoms with van der Waals surface area (Å²) in [4.78, 5) is 19.5. The number of halogens is 1. The first-order valence-electron chi connectivity index (χ1n) is 9.79. The molecule has 5 nitrogen and oxygen atoms in total. The van der Waals surface area contributed by atoms with Gasteiger partial charge < -0.3 is 9.64 Å². The molecule has 0 bridgehead atoms. The van der Waals surface area contributed by atoms with Crippen molar-refractivity contribution in [2.75, 3.05) is 45.9 Å². The highest BCUT2D eigenvalue weighted by atomic mass is 19.1. The summed E-state index contributed by atoms with van der Waals surface area (Å²) in [6.45, 7) is 7.14. The second-order valence-electron chi connectivity index (χ2n) is 7.60. The van der Waals surface area contributed by atoms with Gasteiger partial charge in [-0.15, -0.1) is 0 Å². The van der Waals surface area contributed by atoms with Crippen molar-refractivity contribution < 1.29 is 13.9 Å². The maximum Gasteiger partial charge on any atom is 0.222 e. The van der Waals surface area contributed by atoms with Gasteiger partial charge in [0, 0.05) is 57.8 Å². The number of likely N-dealkylation sites (tertiary alicyclic amines) is 2. The van der Waals surface area contributed by atoms with Crippen molar-refractivity contribution >= 4 is 5.91 Å². The van der Waals surface area contributed by atoms with Gasteiger partial charge in [0.25, 0.3) is 0 Å². The van der Waals surface area contributed by atoms with Crippen molar-refractivity contribution in [3.05, 3.63) is 35.6 Å². The minimum atomic E-state index is -0.189. The molecule has 0 radical (unpaired) electrons. The fourth-order valence-corrected chi connectivity index (χ4v) is 4.62. The van der Waals surface area contributed by atoms with E-state index >= 15 is 0 Å². The lowest BCUT2D eigenvalue weighted by Crippen LogP contribution is -2.54. The number of hydrogen-bond donors (Lipinski definition) is 0. The zero-order chi connectivity index (χ0) is 17.9. The van der Waals surface area contributed by atoms with E-state index in [-0.39, 0.29) is 5.82 Å². The predicted octanol–water partition coefficient (Wildman–Crippen LogP) is 1.72. The molecule has 3 fully saturated rings. The molecule has 1 amide bonds. The fourth-order valence-electron chi connectivity index (χ4n) is 4.62.